The van der Waals surface area contributed by atoms with Gasteiger partial charge in [0.25, 0.3) is 5.91 Å². The molecule has 27 heavy (non-hydrogen) atoms. The maximum absolute atomic E-state index is 13.1. The van der Waals surface area contributed by atoms with Crippen LogP contribution in [0.5, 0.6) is 0 Å². The van der Waals surface area contributed by atoms with Crippen LogP contribution >= 0.6 is 0 Å². The number of aromatic nitrogens is 2. The minimum Gasteiger partial charge on any atom is -0.324 e. The van der Waals surface area contributed by atoms with Gasteiger partial charge in [0.15, 0.2) is 0 Å². The van der Waals surface area contributed by atoms with E-state index in [-0.39, 0.29) is 5.91 Å². The summed E-state index contributed by atoms with van der Waals surface area (Å²) in [5, 5.41) is 3.26. The fraction of sp³-hybridized carbons (Fsp3) is 0.227. The number of nitrogens with zero attached hydrogens (tertiary/aromatic N) is 3. The second-order valence-corrected chi connectivity index (χ2v) is 6.85. The Morgan fingerprint density at radius 3 is 2.63 bits per heavy atom. The van der Waals surface area contributed by atoms with Crippen molar-refractivity contribution in [3.63, 3.8) is 0 Å². The average Bonchev–Trinajstić information content (AvgIpc) is 2.70. The minimum atomic E-state index is -0.0888. The standard InChI is InChI=1S/C22H22N4O/c1-15-7-5-8-16(2)20(15)25-22-23-13-12-18(24-22)21(27)26-14-6-10-17-9-3-4-11-19(17)26/h3-5,7-9,11-13H,6,10,14H2,1-2H3,(H,23,24,25). The number of benzene rings is 2. The molecule has 0 saturated heterocycles. The van der Waals surface area contributed by atoms with E-state index < -0.39 is 0 Å². The monoisotopic (exact) mass is 358 g/mol. The first kappa shape index (κ1) is 17.2. The van der Waals surface area contributed by atoms with Gasteiger partial charge in [0.2, 0.25) is 5.95 Å². The summed E-state index contributed by atoms with van der Waals surface area (Å²) < 4.78 is 0. The maximum Gasteiger partial charge on any atom is 0.277 e. The quantitative estimate of drug-likeness (QED) is 0.752. The Labute approximate surface area is 159 Å². The molecule has 3 aromatic rings. The fourth-order valence-corrected chi connectivity index (χ4v) is 3.54. The largest absolute Gasteiger partial charge is 0.324 e. The SMILES string of the molecule is Cc1cccc(C)c1Nc1nccc(C(=O)N2CCCc3ccccc32)n1. The molecule has 1 aromatic heterocycles. The Kier molecular flexibility index (Phi) is 4.59. The third kappa shape index (κ3) is 3.40. The first-order valence-corrected chi connectivity index (χ1v) is 9.19. The van der Waals surface area contributed by atoms with Gasteiger partial charge in [0.05, 0.1) is 0 Å². The molecular formula is C22H22N4O. The zero-order valence-corrected chi connectivity index (χ0v) is 15.6. The van der Waals surface area contributed by atoms with Gasteiger partial charge in [-0.15, -0.1) is 0 Å². The summed E-state index contributed by atoms with van der Waals surface area (Å²) in [5.74, 6) is 0.345. The number of carbonyl (C=O) groups is 1. The molecular weight excluding hydrogens is 336 g/mol. The number of hydrogen-bond acceptors (Lipinski definition) is 4. The molecule has 1 N–H and O–H groups in total. The van der Waals surface area contributed by atoms with Gasteiger partial charge in [-0.05, 0) is 55.5 Å². The number of para-hydroxylation sites is 2. The van der Waals surface area contributed by atoms with Crippen molar-refractivity contribution in [1.29, 1.82) is 0 Å². The van der Waals surface area contributed by atoms with E-state index in [1.807, 2.05) is 55.1 Å². The van der Waals surface area contributed by atoms with Crippen LogP contribution in [0.3, 0.4) is 0 Å². The molecule has 0 aliphatic carbocycles. The normalized spacial score (nSPS) is 13.2. The molecule has 4 rings (SSSR count). The van der Waals surface area contributed by atoms with Crippen LogP contribution in [0.1, 0.15) is 33.6 Å². The molecule has 0 saturated carbocycles. The molecule has 1 aliphatic heterocycles. The summed E-state index contributed by atoms with van der Waals surface area (Å²) in [7, 11) is 0. The zero-order chi connectivity index (χ0) is 18.8. The van der Waals surface area contributed by atoms with E-state index in [4.69, 9.17) is 0 Å². The van der Waals surface area contributed by atoms with Gasteiger partial charge in [-0.2, -0.15) is 0 Å². The topological polar surface area (TPSA) is 58.1 Å². The highest BCUT2D eigenvalue weighted by atomic mass is 16.2. The Balaban J connectivity index is 1.63. The summed E-state index contributed by atoms with van der Waals surface area (Å²) in [6, 6.07) is 15.8. The Morgan fingerprint density at radius 2 is 1.81 bits per heavy atom. The molecule has 0 radical (unpaired) electrons. The van der Waals surface area contributed by atoms with Crippen LogP contribution in [0.15, 0.2) is 54.7 Å². The molecule has 0 unspecified atom stereocenters. The lowest BCUT2D eigenvalue weighted by atomic mass is 10.0. The average molecular weight is 358 g/mol. The van der Waals surface area contributed by atoms with Crippen molar-refractivity contribution < 1.29 is 4.79 Å². The van der Waals surface area contributed by atoms with Gasteiger partial charge in [0.1, 0.15) is 5.69 Å². The van der Waals surface area contributed by atoms with Crippen molar-refractivity contribution in [1.82, 2.24) is 9.97 Å². The molecule has 0 spiro atoms. The van der Waals surface area contributed by atoms with Crippen molar-refractivity contribution in [3.8, 4) is 0 Å². The molecule has 136 valence electrons. The molecule has 1 aliphatic rings. The predicted molar refractivity (Wildman–Crippen MR) is 108 cm³/mol. The van der Waals surface area contributed by atoms with E-state index in [1.54, 1.807) is 12.3 Å². The zero-order valence-electron chi connectivity index (χ0n) is 15.6. The molecule has 1 amide bonds. The fourth-order valence-electron chi connectivity index (χ4n) is 3.54. The number of aryl methyl sites for hydroxylation is 3. The lowest BCUT2D eigenvalue weighted by Gasteiger charge is -2.29. The van der Waals surface area contributed by atoms with Crippen molar-refractivity contribution in [2.75, 3.05) is 16.8 Å². The Morgan fingerprint density at radius 1 is 1.04 bits per heavy atom. The summed E-state index contributed by atoms with van der Waals surface area (Å²) in [6.07, 6.45) is 3.59. The van der Waals surface area contributed by atoms with E-state index in [1.165, 1.54) is 5.56 Å². The third-order valence-electron chi connectivity index (χ3n) is 4.95. The Bertz CT molecular complexity index is 979. The second-order valence-electron chi connectivity index (χ2n) is 6.85. The van der Waals surface area contributed by atoms with E-state index in [2.05, 4.69) is 21.4 Å². The van der Waals surface area contributed by atoms with Crippen molar-refractivity contribution in [2.45, 2.75) is 26.7 Å². The Hall–Kier alpha value is -3.21. The molecule has 2 heterocycles. The minimum absolute atomic E-state index is 0.0888. The number of amides is 1. The molecule has 5 nitrogen and oxygen atoms in total. The van der Waals surface area contributed by atoms with Crippen LogP contribution in [0.25, 0.3) is 0 Å². The van der Waals surface area contributed by atoms with Gasteiger partial charge < -0.3 is 10.2 Å². The first-order chi connectivity index (χ1) is 13.1. The molecule has 0 bridgehead atoms. The van der Waals surface area contributed by atoms with E-state index in [9.17, 15) is 4.79 Å². The van der Waals surface area contributed by atoms with Crippen LogP contribution in [0.4, 0.5) is 17.3 Å². The van der Waals surface area contributed by atoms with Crippen LogP contribution in [0, 0.1) is 13.8 Å². The van der Waals surface area contributed by atoms with Crippen LogP contribution in [0.2, 0.25) is 0 Å². The third-order valence-corrected chi connectivity index (χ3v) is 4.95. The molecule has 0 atom stereocenters. The number of fused-ring (bicyclic) bond motifs is 1. The van der Waals surface area contributed by atoms with Crippen LogP contribution < -0.4 is 10.2 Å². The molecule has 0 fully saturated rings. The van der Waals surface area contributed by atoms with Crippen molar-refractivity contribution >= 4 is 23.2 Å². The molecule has 2 aromatic carbocycles. The smallest absolute Gasteiger partial charge is 0.277 e. The predicted octanol–water partition coefficient (Wildman–Crippen LogP) is 4.43. The summed E-state index contributed by atoms with van der Waals surface area (Å²) in [4.78, 5) is 23.7. The van der Waals surface area contributed by atoms with E-state index >= 15 is 0 Å². The van der Waals surface area contributed by atoms with Crippen molar-refractivity contribution in [3.05, 3.63) is 77.1 Å². The van der Waals surface area contributed by atoms with Gasteiger partial charge in [0, 0.05) is 24.1 Å². The summed E-state index contributed by atoms with van der Waals surface area (Å²) >= 11 is 0. The van der Waals surface area contributed by atoms with E-state index in [0.717, 1.165) is 35.3 Å². The number of carbonyl (C=O) groups excluding carboxylic acids is 1. The highest BCUT2D eigenvalue weighted by molar-refractivity contribution is 6.05. The maximum atomic E-state index is 13.1. The van der Waals surface area contributed by atoms with E-state index in [0.29, 0.717) is 18.2 Å². The highest BCUT2D eigenvalue weighted by Gasteiger charge is 2.24. The number of rotatable bonds is 3. The van der Waals surface area contributed by atoms with Gasteiger partial charge in [-0.3, -0.25) is 4.79 Å². The van der Waals surface area contributed by atoms with Gasteiger partial charge in [-0.25, -0.2) is 9.97 Å². The lowest BCUT2D eigenvalue weighted by Crippen LogP contribution is -2.36. The second kappa shape index (κ2) is 7.19. The summed E-state index contributed by atoms with van der Waals surface area (Å²) in [6.45, 7) is 4.78. The van der Waals surface area contributed by atoms with Gasteiger partial charge >= 0.3 is 0 Å². The summed E-state index contributed by atoms with van der Waals surface area (Å²) in [5.41, 5.74) is 5.79. The molecule has 5 heteroatoms. The van der Waals surface area contributed by atoms with Crippen molar-refractivity contribution in [2.24, 2.45) is 0 Å². The van der Waals surface area contributed by atoms with Crippen LogP contribution in [-0.4, -0.2) is 22.4 Å². The number of anilines is 3. The highest BCUT2D eigenvalue weighted by Crippen LogP contribution is 2.28. The van der Waals surface area contributed by atoms with Gasteiger partial charge in [-0.1, -0.05) is 36.4 Å². The number of nitrogens with one attached hydrogen (secondary N) is 1. The number of hydrogen-bond donors (Lipinski definition) is 1. The first-order valence-electron chi connectivity index (χ1n) is 9.19. The van der Waals surface area contributed by atoms with Crippen LogP contribution in [-0.2, 0) is 6.42 Å². The lowest BCUT2D eigenvalue weighted by molar-refractivity contribution is 0.0980.